The molecule has 122 valence electrons. The number of carbonyl (C=O) groups excluding carboxylic acids is 1. The van der Waals surface area contributed by atoms with E-state index in [2.05, 4.69) is 6.58 Å². The number of ether oxygens (including phenoxy) is 1. The number of carbonyl (C=O) groups is 1. The van der Waals surface area contributed by atoms with Crippen LogP contribution < -0.4 is 0 Å². The Morgan fingerprint density at radius 1 is 1.09 bits per heavy atom. The number of fused-ring (bicyclic) bond motifs is 2. The summed E-state index contributed by atoms with van der Waals surface area (Å²) in [6.45, 7) is 5.61. The van der Waals surface area contributed by atoms with Gasteiger partial charge in [0.05, 0.1) is 0 Å². The van der Waals surface area contributed by atoms with Gasteiger partial charge in [0.1, 0.15) is 5.60 Å². The van der Waals surface area contributed by atoms with E-state index in [-0.39, 0.29) is 11.6 Å². The fraction of sp³-hybridized carbons (Fsp3) is 0.850. The smallest absolute Gasteiger partial charge is 0.333 e. The van der Waals surface area contributed by atoms with Crippen LogP contribution in [-0.4, -0.2) is 11.6 Å². The maximum atomic E-state index is 12.3. The normalized spacial score (nSPS) is 42.1. The molecule has 4 atom stereocenters. The molecule has 2 heteroatoms. The summed E-state index contributed by atoms with van der Waals surface area (Å²) in [4.78, 5) is 12.3. The molecular formula is C20H30O2. The van der Waals surface area contributed by atoms with Gasteiger partial charge in [-0.2, -0.15) is 0 Å². The summed E-state index contributed by atoms with van der Waals surface area (Å²) in [6.07, 6.45) is 14.5. The van der Waals surface area contributed by atoms with E-state index in [0.29, 0.717) is 16.9 Å². The largest absolute Gasteiger partial charge is 0.455 e. The third-order valence-electron chi connectivity index (χ3n) is 7.48. The minimum absolute atomic E-state index is 0.141. The maximum Gasteiger partial charge on any atom is 0.333 e. The van der Waals surface area contributed by atoms with Crippen molar-refractivity contribution in [3.05, 3.63) is 12.2 Å². The average Bonchev–Trinajstić information content (AvgIpc) is 3.25. The summed E-state index contributed by atoms with van der Waals surface area (Å²) in [5.41, 5.74) is 0.909. The summed E-state index contributed by atoms with van der Waals surface area (Å²) >= 11 is 0. The number of hydrogen-bond donors (Lipinski definition) is 0. The standard InChI is InChI=1S/C20H30O2/c1-14(2)18(21)22-20(17-12-15-5-6-16(17)11-15)10-9-19(13-20)7-3-4-8-19/h15-17H,1,3-13H2,2H3. The van der Waals surface area contributed by atoms with Gasteiger partial charge in [0.25, 0.3) is 0 Å². The minimum Gasteiger partial charge on any atom is -0.455 e. The zero-order valence-corrected chi connectivity index (χ0v) is 14.0. The molecule has 4 unspecified atom stereocenters. The van der Waals surface area contributed by atoms with Crippen LogP contribution in [0.2, 0.25) is 0 Å². The van der Waals surface area contributed by atoms with Crippen molar-refractivity contribution in [1.82, 2.24) is 0 Å². The van der Waals surface area contributed by atoms with Gasteiger partial charge in [-0.25, -0.2) is 4.79 Å². The van der Waals surface area contributed by atoms with E-state index in [1.807, 2.05) is 0 Å². The van der Waals surface area contributed by atoms with Gasteiger partial charge in [-0.3, -0.25) is 0 Å². The first-order valence-corrected chi connectivity index (χ1v) is 9.41. The van der Waals surface area contributed by atoms with E-state index in [1.165, 1.54) is 57.8 Å². The van der Waals surface area contributed by atoms with Crippen molar-refractivity contribution in [3.63, 3.8) is 0 Å². The topological polar surface area (TPSA) is 26.3 Å². The summed E-state index contributed by atoms with van der Waals surface area (Å²) in [6, 6.07) is 0. The molecule has 0 aromatic heterocycles. The van der Waals surface area contributed by atoms with Crippen LogP contribution in [0.1, 0.15) is 77.6 Å². The van der Waals surface area contributed by atoms with Gasteiger partial charge in [0.15, 0.2) is 0 Å². The first-order valence-electron chi connectivity index (χ1n) is 9.41. The SMILES string of the molecule is C=C(C)C(=O)OC1(C2CC3CCC2C3)CCC2(CCCC2)C1. The summed E-state index contributed by atoms with van der Waals surface area (Å²) in [5.74, 6) is 2.22. The lowest BCUT2D eigenvalue weighted by molar-refractivity contribution is -0.164. The zero-order valence-electron chi connectivity index (χ0n) is 14.0. The van der Waals surface area contributed by atoms with Crippen molar-refractivity contribution in [2.45, 2.75) is 83.2 Å². The molecule has 2 bridgehead atoms. The number of esters is 1. The third-order valence-corrected chi connectivity index (χ3v) is 7.48. The van der Waals surface area contributed by atoms with Crippen molar-refractivity contribution in [2.24, 2.45) is 23.2 Å². The summed E-state index contributed by atoms with van der Waals surface area (Å²) < 4.78 is 6.25. The second-order valence-corrected chi connectivity index (χ2v) is 8.90. The summed E-state index contributed by atoms with van der Waals surface area (Å²) in [5, 5.41) is 0. The number of hydrogen-bond acceptors (Lipinski definition) is 2. The second-order valence-electron chi connectivity index (χ2n) is 8.90. The lowest BCUT2D eigenvalue weighted by Crippen LogP contribution is -2.44. The fourth-order valence-electron chi connectivity index (χ4n) is 6.48. The minimum atomic E-state index is -0.153. The van der Waals surface area contributed by atoms with Crippen molar-refractivity contribution in [2.75, 3.05) is 0 Å². The van der Waals surface area contributed by atoms with Crippen LogP contribution in [0.15, 0.2) is 12.2 Å². The molecule has 4 fully saturated rings. The molecule has 0 aromatic rings. The summed E-state index contributed by atoms with van der Waals surface area (Å²) in [7, 11) is 0. The Morgan fingerprint density at radius 3 is 2.45 bits per heavy atom. The highest BCUT2D eigenvalue weighted by molar-refractivity contribution is 5.87. The quantitative estimate of drug-likeness (QED) is 0.540. The van der Waals surface area contributed by atoms with E-state index < -0.39 is 0 Å². The molecule has 0 heterocycles. The highest BCUT2D eigenvalue weighted by Gasteiger charge is 2.59. The van der Waals surface area contributed by atoms with Gasteiger partial charge < -0.3 is 4.74 Å². The molecule has 0 amide bonds. The van der Waals surface area contributed by atoms with Crippen LogP contribution in [0.25, 0.3) is 0 Å². The van der Waals surface area contributed by atoms with Crippen LogP contribution in [0.3, 0.4) is 0 Å². The Labute approximate surface area is 134 Å². The van der Waals surface area contributed by atoms with Crippen LogP contribution >= 0.6 is 0 Å². The molecule has 1 spiro atoms. The fourth-order valence-corrected chi connectivity index (χ4v) is 6.48. The van der Waals surface area contributed by atoms with E-state index in [4.69, 9.17) is 4.74 Å². The first-order chi connectivity index (χ1) is 10.5. The number of rotatable bonds is 3. The highest BCUT2D eigenvalue weighted by atomic mass is 16.6. The molecule has 0 aromatic carbocycles. The van der Waals surface area contributed by atoms with Crippen LogP contribution in [-0.2, 0) is 9.53 Å². The van der Waals surface area contributed by atoms with Crippen LogP contribution in [0, 0.1) is 23.2 Å². The van der Waals surface area contributed by atoms with E-state index in [1.54, 1.807) is 6.92 Å². The monoisotopic (exact) mass is 302 g/mol. The first kappa shape index (κ1) is 14.8. The van der Waals surface area contributed by atoms with Gasteiger partial charge in [0.2, 0.25) is 0 Å². The molecule has 4 aliphatic carbocycles. The van der Waals surface area contributed by atoms with Gasteiger partial charge >= 0.3 is 5.97 Å². The zero-order chi connectivity index (χ0) is 15.4. The molecule has 4 aliphatic rings. The highest BCUT2D eigenvalue weighted by Crippen LogP contribution is 2.63. The lowest BCUT2D eigenvalue weighted by atomic mass is 9.72. The molecule has 2 nitrogen and oxygen atoms in total. The van der Waals surface area contributed by atoms with Crippen molar-refractivity contribution in [3.8, 4) is 0 Å². The Morgan fingerprint density at radius 2 is 1.86 bits per heavy atom. The van der Waals surface area contributed by atoms with Gasteiger partial charge in [-0.1, -0.05) is 25.8 Å². The van der Waals surface area contributed by atoms with Gasteiger partial charge in [-0.05, 0) is 75.5 Å². The molecule has 0 N–H and O–H groups in total. The Balaban J connectivity index is 1.60. The molecule has 0 saturated heterocycles. The Hall–Kier alpha value is -0.790. The third kappa shape index (κ3) is 2.25. The van der Waals surface area contributed by atoms with Crippen molar-refractivity contribution >= 4 is 5.97 Å². The van der Waals surface area contributed by atoms with Crippen molar-refractivity contribution in [1.29, 1.82) is 0 Å². The van der Waals surface area contributed by atoms with E-state index >= 15 is 0 Å². The molecule has 4 rings (SSSR count). The molecule has 4 saturated carbocycles. The maximum absolute atomic E-state index is 12.3. The Bertz CT molecular complexity index is 488. The van der Waals surface area contributed by atoms with Gasteiger partial charge in [0, 0.05) is 11.5 Å². The Kier molecular flexibility index (Phi) is 3.43. The molecule has 22 heavy (non-hydrogen) atoms. The predicted molar refractivity (Wildman–Crippen MR) is 87.3 cm³/mol. The van der Waals surface area contributed by atoms with Crippen LogP contribution in [0.4, 0.5) is 0 Å². The van der Waals surface area contributed by atoms with E-state index in [9.17, 15) is 4.79 Å². The van der Waals surface area contributed by atoms with E-state index in [0.717, 1.165) is 24.7 Å². The molecular weight excluding hydrogens is 272 g/mol. The average molecular weight is 302 g/mol. The van der Waals surface area contributed by atoms with Gasteiger partial charge in [-0.15, -0.1) is 0 Å². The van der Waals surface area contributed by atoms with Crippen molar-refractivity contribution < 1.29 is 9.53 Å². The predicted octanol–water partition coefficient (Wildman–Crippen LogP) is 5.03. The lowest BCUT2D eigenvalue weighted by Gasteiger charge is -2.41. The second kappa shape index (κ2) is 5.11. The van der Waals surface area contributed by atoms with Crippen LogP contribution in [0.5, 0.6) is 0 Å². The molecule has 0 radical (unpaired) electrons. The molecule has 0 aliphatic heterocycles.